The molecule has 1 heterocycles. The summed E-state index contributed by atoms with van der Waals surface area (Å²) in [5, 5.41) is 0.935. The van der Waals surface area contributed by atoms with E-state index in [4.69, 9.17) is 5.73 Å². The number of aromatic nitrogens is 1. The van der Waals surface area contributed by atoms with Gasteiger partial charge in [-0.1, -0.05) is 26.0 Å². The fourth-order valence-corrected chi connectivity index (χ4v) is 3.29. The number of hydrogen-bond donors (Lipinski definition) is 2. The minimum atomic E-state index is -0.258. The zero-order valence-electron chi connectivity index (χ0n) is 16.1. The molecule has 28 heavy (non-hydrogen) atoms. The van der Waals surface area contributed by atoms with E-state index in [9.17, 15) is 4.39 Å². The second-order valence-corrected chi connectivity index (χ2v) is 7.63. The van der Waals surface area contributed by atoms with Crippen LogP contribution < -0.4 is 10.5 Å². The number of amidine groups is 1. The Hall–Kier alpha value is -2.86. The fraction of sp³-hybridized carbons (Fsp3) is 0.182. The lowest BCUT2D eigenvalue weighted by Gasteiger charge is -2.10. The molecule has 4 nitrogen and oxygen atoms in total. The molecular formula is C22H23FN4S. The number of benzene rings is 2. The quantitative estimate of drug-likeness (QED) is 0.332. The third-order valence-electron chi connectivity index (χ3n) is 4.12. The Kier molecular flexibility index (Phi) is 6.31. The van der Waals surface area contributed by atoms with Gasteiger partial charge in [-0.25, -0.2) is 9.38 Å². The molecule has 0 bridgehead atoms. The number of fused-ring (bicyclic) bond motifs is 1. The van der Waals surface area contributed by atoms with Crippen LogP contribution in [-0.2, 0) is 0 Å². The summed E-state index contributed by atoms with van der Waals surface area (Å²) in [7, 11) is 0. The van der Waals surface area contributed by atoms with Gasteiger partial charge in [-0.15, -0.1) is 0 Å². The maximum Gasteiger partial charge on any atom is 0.138 e. The van der Waals surface area contributed by atoms with Crippen LogP contribution in [0.3, 0.4) is 0 Å². The first-order valence-electron chi connectivity index (χ1n) is 9.02. The van der Waals surface area contributed by atoms with Crippen molar-refractivity contribution in [3.8, 4) is 0 Å². The van der Waals surface area contributed by atoms with Crippen molar-refractivity contribution < 1.29 is 4.39 Å². The van der Waals surface area contributed by atoms with Crippen LogP contribution in [0.1, 0.15) is 32.3 Å². The van der Waals surface area contributed by atoms with Gasteiger partial charge in [0.1, 0.15) is 11.7 Å². The third kappa shape index (κ3) is 4.89. The molecule has 0 saturated carbocycles. The predicted octanol–water partition coefficient (Wildman–Crippen LogP) is 5.69. The SMILES string of the molecule is CC(N)=CC(=Nc1cccc2ncccc12)NSc1ccc(C(C)C)cc1F. The van der Waals surface area contributed by atoms with Gasteiger partial charge >= 0.3 is 0 Å². The fourth-order valence-electron chi connectivity index (χ4n) is 2.68. The average molecular weight is 395 g/mol. The van der Waals surface area contributed by atoms with E-state index >= 15 is 0 Å². The molecule has 2 aromatic carbocycles. The van der Waals surface area contributed by atoms with Crippen LogP contribution in [0, 0.1) is 5.82 Å². The Labute approximate surface area is 168 Å². The van der Waals surface area contributed by atoms with Crippen LogP contribution >= 0.6 is 11.9 Å². The number of pyridine rings is 1. The number of rotatable bonds is 5. The van der Waals surface area contributed by atoms with Crippen LogP contribution in [0.5, 0.6) is 0 Å². The van der Waals surface area contributed by atoms with Crippen molar-refractivity contribution in [1.82, 2.24) is 9.71 Å². The largest absolute Gasteiger partial charge is 0.402 e. The molecular weight excluding hydrogens is 371 g/mol. The highest BCUT2D eigenvalue weighted by Crippen LogP contribution is 2.26. The summed E-state index contributed by atoms with van der Waals surface area (Å²) in [6.45, 7) is 5.86. The first-order chi connectivity index (χ1) is 13.4. The molecule has 0 aliphatic carbocycles. The number of nitrogens with two attached hydrogens (primary N) is 1. The molecule has 0 unspecified atom stereocenters. The monoisotopic (exact) mass is 394 g/mol. The summed E-state index contributed by atoms with van der Waals surface area (Å²) in [4.78, 5) is 9.54. The van der Waals surface area contributed by atoms with Crippen molar-refractivity contribution >= 4 is 34.4 Å². The lowest BCUT2D eigenvalue weighted by atomic mass is 10.0. The van der Waals surface area contributed by atoms with E-state index in [1.807, 2.05) is 50.2 Å². The number of nitrogens with zero attached hydrogens (tertiary/aromatic N) is 2. The Balaban J connectivity index is 1.89. The normalized spacial score (nSPS) is 12.6. The third-order valence-corrected chi connectivity index (χ3v) is 4.98. The van der Waals surface area contributed by atoms with Crippen molar-refractivity contribution in [2.75, 3.05) is 0 Å². The molecule has 6 heteroatoms. The number of allylic oxidation sites excluding steroid dienone is 1. The Bertz CT molecular complexity index is 1030. The highest BCUT2D eigenvalue weighted by molar-refractivity contribution is 7.98. The number of aliphatic imine (C=N–C) groups is 1. The first-order valence-corrected chi connectivity index (χ1v) is 9.84. The summed E-state index contributed by atoms with van der Waals surface area (Å²) < 4.78 is 17.5. The summed E-state index contributed by atoms with van der Waals surface area (Å²) in [6, 6.07) is 14.9. The van der Waals surface area contributed by atoms with Crippen molar-refractivity contribution in [3.05, 3.63) is 77.9 Å². The predicted molar refractivity (Wildman–Crippen MR) is 116 cm³/mol. The van der Waals surface area contributed by atoms with Gasteiger partial charge in [-0.3, -0.25) is 4.98 Å². The standard InChI is InChI=1S/C22H23FN4S/c1-14(2)16-9-10-21(18(23)13-16)28-27-22(12-15(3)24)26-20-8-4-7-19-17(20)6-5-11-25-19/h4-14H,24H2,1-3H3,(H,26,27). The second-order valence-electron chi connectivity index (χ2n) is 6.78. The molecule has 0 amide bonds. The molecule has 0 radical (unpaired) electrons. The van der Waals surface area contributed by atoms with Gasteiger partial charge in [-0.2, -0.15) is 0 Å². The lowest BCUT2D eigenvalue weighted by molar-refractivity contribution is 0.597. The summed E-state index contributed by atoms with van der Waals surface area (Å²) in [5.74, 6) is 0.556. The smallest absolute Gasteiger partial charge is 0.138 e. The van der Waals surface area contributed by atoms with E-state index in [1.165, 1.54) is 11.9 Å². The van der Waals surface area contributed by atoms with Gasteiger partial charge in [0.15, 0.2) is 0 Å². The molecule has 0 spiro atoms. The molecule has 0 atom stereocenters. The Morgan fingerprint density at radius 2 is 2.04 bits per heavy atom. The zero-order valence-corrected chi connectivity index (χ0v) is 16.9. The van der Waals surface area contributed by atoms with Crippen molar-refractivity contribution in [3.63, 3.8) is 0 Å². The molecule has 0 saturated heterocycles. The van der Waals surface area contributed by atoms with E-state index in [0.717, 1.165) is 22.2 Å². The van der Waals surface area contributed by atoms with Gasteiger partial charge < -0.3 is 10.5 Å². The highest BCUT2D eigenvalue weighted by atomic mass is 32.2. The van der Waals surface area contributed by atoms with Crippen LogP contribution in [0.4, 0.5) is 10.1 Å². The molecule has 3 N–H and O–H groups in total. The number of nitrogens with one attached hydrogen (secondary N) is 1. The minimum absolute atomic E-state index is 0.258. The highest BCUT2D eigenvalue weighted by Gasteiger charge is 2.08. The van der Waals surface area contributed by atoms with Gasteiger partial charge in [0, 0.05) is 17.3 Å². The van der Waals surface area contributed by atoms with Crippen LogP contribution in [0.25, 0.3) is 10.9 Å². The van der Waals surface area contributed by atoms with E-state index in [2.05, 4.69) is 14.7 Å². The van der Waals surface area contributed by atoms with Crippen LogP contribution in [-0.4, -0.2) is 10.8 Å². The van der Waals surface area contributed by atoms with E-state index < -0.39 is 0 Å². The van der Waals surface area contributed by atoms with Gasteiger partial charge in [0.05, 0.1) is 16.1 Å². The van der Waals surface area contributed by atoms with Gasteiger partial charge in [-0.05, 0) is 72.8 Å². The molecule has 3 aromatic rings. The van der Waals surface area contributed by atoms with E-state index in [0.29, 0.717) is 16.4 Å². The Morgan fingerprint density at radius 1 is 1.21 bits per heavy atom. The molecule has 144 valence electrons. The van der Waals surface area contributed by atoms with Crippen molar-refractivity contribution in [2.45, 2.75) is 31.6 Å². The Morgan fingerprint density at radius 3 is 2.75 bits per heavy atom. The van der Waals surface area contributed by atoms with Crippen LogP contribution in [0.2, 0.25) is 0 Å². The molecule has 0 aliphatic rings. The first kappa shape index (κ1) is 19.9. The second kappa shape index (κ2) is 8.89. The minimum Gasteiger partial charge on any atom is -0.402 e. The lowest BCUT2D eigenvalue weighted by Crippen LogP contribution is -2.15. The van der Waals surface area contributed by atoms with Gasteiger partial charge in [0.2, 0.25) is 0 Å². The molecule has 0 aliphatic heterocycles. The summed E-state index contributed by atoms with van der Waals surface area (Å²) in [5.41, 5.74) is 9.05. The molecule has 3 rings (SSSR count). The zero-order chi connectivity index (χ0) is 20.1. The van der Waals surface area contributed by atoms with E-state index in [1.54, 1.807) is 31.3 Å². The van der Waals surface area contributed by atoms with Gasteiger partial charge in [0.25, 0.3) is 0 Å². The molecule has 0 fully saturated rings. The summed E-state index contributed by atoms with van der Waals surface area (Å²) >= 11 is 1.17. The maximum atomic E-state index is 14.4. The number of hydrogen-bond acceptors (Lipinski definition) is 4. The van der Waals surface area contributed by atoms with Crippen molar-refractivity contribution in [2.24, 2.45) is 10.7 Å². The maximum absolute atomic E-state index is 14.4. The van der Waals surface area contributed by atoms with Crippen LogP contribution in [0.15, 0.2) is 76.4 Å². The summed E-state index contributed by atoms with van der Waals surface area (Å²) in [6.07, 6.45) is 3.47. The topological polar surface area (TPSA) is 63.3 Å². The molecule has 1 aromatic heterocycles. The van der Waals surface area contributed by atoms with Crippen molar-refractivity contribution in [1.29, 1.82) is 0 Å². The van der Waals surface area contributed by atoms with E-state index in [-0.39, 0.29) is 11.7 Å². The average Bonchev–Trinajstić information content (AvgIpc) is 2.66. The number of halogens is 1.